The van der Waals surface area contributed by atoms with E-state index in [1.165, 1.54) is 5.56 Å². The van der Waals surface area contributed by atoms with Gasteiger partial charge >= 0.3 is 0 Å². The summed E-state index contributed by atoms with van der Waals surface area (Å²) in [6.07, 6.45) is 5.48. The number of rotatable bonds is 3. The highest BCUT2D eigenvalue weighted by Gasteiger charge is 2.01. The van der Waals surface area contributed by atoms with E-state index in [0.717, 1.165) is 23.4 Å². The Morgan fingerprint density at radius 2 is 2.25 bits per heavy atom. The number of hydrogen-bond donors (Lipinski definition) is 1. The van der Waals surface area contributed by atoms with Gasteiger partial charge in [-0.25, -0.2) is 0 Å². The summed E-state index contributed by atoms with van der Waals surface area (Å²) >= 11 is 5.90. The Morgan fingerprint density at radius 1 is 1.50 bits per heavy atom. The zero-order valence-electron chi connectivity index (χ0n) is 7.18. The van der Waals surface area contributed by atoms with E-state index in [-0.39, 0.29) is 0 Å². The van der Waals surface area contributed by atoms with Gasteiger partial charge in [-0.05, 0) is 37.4 Å². The molecule has 0 bridgehead atoms. The largest absolute Gasteiger partial charge is 0.330 e. The first-order valence-electron chi connectivity index (χ1n) is 4.04. The SMILES string of the molecule is Cc1c(Cl)cncc1CCCN. The first-order chi connectivity index (χ1) is 5.75. The van der Waals surface area contributed by atoms with Gasteiger partial charge in [-0.3, -0.25) is 4.98 Å². The molecule has 2 N–H and O–H groups in total. The van der Waals surface area contributed by atoms with Crippen molar-refractivity contribution in [3.63, 3.8) is 0 Å². The summed E-state index contributed by atoms with van der Waals surface area (Å²) in [4.78, 5) is 4.03. The normalized spacial score (nSPS) is 10.2. The predicted octanol–water partition coefficient (Wildman–Crippen LogP) is 1.93. The van der Waals surface area contributed by atoms with Crippen LogP contribution in [0.5, 0.6) is 0 Å². The number of halogens is 1. The molecule has 1 aromatic rings. The summed E-state index contributed by atoms with van der Waals surface area (Å²) in [5.41, 5.74) is 7.74. The smallest absolute Gasteiger partial charge is 0.0621 e. The Kier molecular flexibility index (Phi) is 3.50. The number of aromatic nitrogens is 1. The van der Waals surface area contributed by atoms with E-state index in [1.54, 1.807) is 6.20 Å². The van der Waals surface area contributed by atoms with E-state index in [0.29, 0.717) is 6.54 Å². The summed E-state index contributed by atoms with van der Waals surface area (Å²) < 4.78 is 0. The Morgan fingerprint density at radius 3 is 2.92 bits per heavy atom. The molecule has 2 nitrogen and oxygen atoms in total. The van der Waals surface area contributed by atoms with Crippen molar-refractivity contribution >= 4 is 11.6 Å². The van der Waals surface area contributed by atoms with Gasteiger partial charge in [0.05, 0.1) is 5.02 Å². The minimum Gasteiger partial charge on any atom is -0.330 e. The highest BCUT2D eigenvalue weighted by molar-refractivity contribution is 6.31. The number of hydrogen-bond acceptors (Lipinski definition) is 2. The van der Waals surface area contributed by atoms with Gasteiger partial charge in [0.1, 0.15) is 0 Å². The van der Waals surface area contributed by atoms with Gasteiger partial charge in [0, 0.05) is 12.4 Å². The van der Waals surface area contributed by atoms with Crippen LogP contribution in [0.1, 0.15) is 17.5 Å². The molecule has 0 unspecified atom stereocenters. The quantitative estimate of drug-likeness (QED) is 0.780. The van der Waals surface area contributed by atoms with Crippen LogP contribution in [-0.2, 0) is 6.42 Å². The second-order valence-electron chi connectivity index (χ2n) is 2.80. The highest BCUT2D eigenvalue weighted by atomic mass is 35.5. The van der Waals surface area contributed by atoms with Crippen molar-refractivity contribution in [1.82, 2.24) is 4.98 Å². The lowest BCUT2D eigenvalue weighted by Crippen LogP contribution is -2.01. The van der Waals surface area contributed by atoms with Crippen LogP contribution < -0.4 is 5.73 Å². The molecule has 0 aromatic carbocycles. The van der Waals surface area contributed by atoms with Crippen molar-refractivity contribution in [2.24, 2.45) is 5.73 Å². The molecule has 3 heteroatoms. The summed E-state index contributed by atoms with van der Waals surface area (Å²) in [5, 5.41) is 0.740. The maximum atomic E-state index is 5.90. The molecule has 0 aliphatic carbocycles. The molecule has 1 rings (SSSR count). The van der Waals surface area contributed by atoms with Crippen LogP contribution in [0.2, 0.25) is 5.02 Å². The van der Waals surface area contributed by atoms with Gasteiger partial charge in [0.15, 0.2) is 0 Å². The van der Waals surface area contributed by atoms with Crippen molar-refractivity contribution in [1.29, 1.82) is 0 Å². The monoisotopic (exact) mass is 184 g/mol. The topological polar surface area (TPSA) is 38.9 Å². The van der Waals surface area contributed by atoms with E-state index < -0.39 is 0 Å². The second-order valence-corrected chi connectivity index (χ2v) is 3.20. The maximum Gasteiger partial charge on any atom is 0.0621 e. The number of aryl methyl sites for hydroxylation is 1. The van der Waals surface area contributed by atoms with Crippen molar-refractivity contribution < 1.29 is 0 Å². The second kappa shape index (κ2) is 4.43. The lowest BCUT2D eigenvalue weighted by molar-refractivity contribution is 0.824. The van der Waals surface area contributed by atoms with Crippen LogP contribution >= 0.6 is 11.6 Å². The van der Waals surface area contributed by atoms with Crippen molar-refractivity contribution in [3.8, 4) is 0 Å². The minimum absolute atomic E-state index is 0.714. The Balaban J connectivity index is 2.78. The standard InChI is InChI=1S/C9H13ClN2/c1-7-8(3-2-4-11)5-12-6-9(7)10/h5-6H,2-4,11H2,1H3. The lowest BCUT2D eigenvalue weighted by atomic mass is 10.1. The van der Waals surface area contributed by atoms with Gasteiger partial charge in [-0.2, -0.15) is 0 Å². The van der Waals surface area contributed by atoms with Crippen LogP contribution in [0.25, 0.3) is 0 Å². The minimum atomic E-state index is 0.714. The van der Waals surface area contributed by atoms with E-state index in [2.05, 4.69) is 4.98 Å². The van der Waals surface area contributed by atoms with Crippen molar-refractivity contribution in [3.05, 3.63) is 28.5 Å². The van der Waals surface area contributed by atoms with Crippen molar-refractivity contribution in [2.45, 2.75) is 19.8 Å². The van der Waals surface area contributed by atoms with Crippen molar-refractivity contribution in [2.75, 3.05) is 6.54 Å². The van der Waals surface area contributed by atoms with Gasteiger partial charge in [0.25, 0.3) is 0 Å². The Labute approximate surface area is 77.8 Å². The molecule has 66 valence electrons. The molecule has 0 saturated carbocycles. The fourth-order valence-corrected chi connectivity index (χ4v) is 1.26. The summed E-state index contributed by atoms with van der Waals surface area (Å²) in [6.45, 7) is 2.72. The molecule has 12 heavy (non-hydrogen) atoms. The van der Waals surface area contributed by atoms with E-state index >= 15 is 0 Å². The van der Waals surface area contributed by atoms with Gasteiger partial charge in [-0.1, -0.05) is 11.6 Å². The zero-order chi connectivity index (χ0) is 8.97. The van der Waals surface area contributed by atoms with Gasteiger partial charge in [-0.15, -0.1) is 0 Å². The summed E-state index contributed by atoms with van der Waals surface area (Å²) in [5.74, 6) is 0. The molecule has 0 saturated heterocycles. The van der Waals surface area contributed by atoms with Crippen LogP contribution in [0, 0.1) is 6.92 Å². The average molecular weight is 185 g/mol. The molecule has 0 atom stereocenters. The van der Waals surface area contributed by atoms with E-state index in [9.17, 15) is 0 Å². The molecule has 0 aliphatic rings. The molecule has 0 amide bonds. The molecule has 0 aliphatic heterocycles. The molecular formula is C9H13ClN2. The molecular weight excluding hydrogens is 172 g/mol. The maximum absolute atomic E-state index is 5.90. The molecule has 0 radical (unpaired) electrons. The van der Waals surface area contributed by atoms with Crippen LogP contribution in [0.4, 0.5) is 0 Å². The highest BCUT2D eigenvalue weighted by Crippen LogP contribution is 2.17. The zero-order valence-corrected chi connectivity index (χ0v) is 7.93. The van der Waals surface area contributed by atoms with E-state index in [1.807, 2.05) is 13.1 Å². The van der Waals surface area contributed by atoms with E-state index in [4.69, 9.17) is 17.3 Å². The van der Waals surface area contributed by atoms with Gasteiger partial charge < -0.3 is 5.73 Å². The average Bonchev–Trinajstić information content (AvgIpc) is 2.08. The van der Waals surface area contributed by atoms with Gasteiger partial charge in [0.2, 0.25) is 0 Å². The van der Waals surface area contributed by atoms with Crippen LogP contribution in [0.3, 0.4) is 0 Å². The third-order valence-corrected chi connectivity index (χ3v) is 2.29. The summed E-state index contributed by atoms with van der Waals surface area (Å²) in [6, 6.07) is 0. The third kappa shape index (κ3) is 2.19. The molecule has 1 heterocycles. The fraction of sp³-hybridized carbons (Fsp3) is 0.444. The third-order valence-electron chi connectivity index (χ3n) is 1.91. The first-order valence-corrected chi connectivity index (χ1v) is 4.42. The summed E-state index contributed by atoms with van der Waals surface area (Å²) in [7, 11) is 0. The number of nitrogens with two attached hydrogens (primary N) is 1. The fourth-order valence-electron chi connectivity index (χ4n) is 1.08. The number of pyridine rings is 1. The Bertz CT molecular complexity index is 261. The predicted molar refractivity (Wildman–Crippen MR) is 51.4 cm³/mol. The lowest BCUT2D eigenvalue weighted by Gasteiger charge is -2.04. The van der Waals surface area contributed by atoms with Crippen LogP contribution in [-0.4, -0.2) is 11.5 Å². The Hall–Kier alpha value is -0.600. The number of nitrogens with zero attached hydrogens (tertiary/aromatic N) is 1. The van der Waals surface area contributed by atoms with Crippen LogP contribution in [0.15, 0.2) is 12.4 Å². The molecule has 1 aromatic heterocycles. The first kappa shape index (κ1) is 9.49. The molecule has 0 spiro atoms. The molecule has 0 fully saturated rings.